The molecule has 4 N–H and O–H groups in total. The quantitative estimate of drug-likeness (QED) is 0.324. The van der Waals surface area contributed by atoms with Gasteiger partial charge in [0.2, 0.25) is 11.8 Å². The number of carbonyl (C=O) groups is 1. The van der Waals surface area contributed by atoms with E-state index in [0.717, 1.165) is 5.56 Å². The maximum absolute atomic E-state index is 13.2. The second-order valence-corrected chi connectivity index (χ2v) is 7.67. The average Bonchev–Trinajstić information content (AvgIpc) is 2.81. The molecule has 2 heterocycles. The number of pyridine rings is 1. The highest BCUT2D eigenvalue weighted by molar-refractivity contribution is 5.77. The molecule has 2 aromatic carbocycles. The Hall–Kier alpha value is -4.33. The molecule has 0 spiro atoms. The molecule has 0 aliphatic heterocycles. The van der Waals surface area contributed by atoms with Crippen molar-refractivity contribution in [3.05, 3.63) is 100.0 Å². The van der Waals surface area contributed by atoms with Crippen LogP contribution in [-0.4, -0.2) is 37.2 Å². The zero-order valence-corrected chi connectivity index (χ0v) is 17.7. The first-order valence-corrected chi connectivity index (χ1v) is 10.5. The first-order chi connectivity index (χ1) is 15.9. The molecule has 2 aromatic heterocycles. The van der Waals surface area contributed by atoms with Crippen LogP contribution in [-0.2, 0) is 11.2 Å². The van der Waals surface area contributed by atoms with Gasteiger partial charge in [0.25, 0.3) is 5.56 Å². The standard InChI is InChI=1S/C25H23N3O5/c29-19-10-9-16(14-20(19)30)11-12-26-22(31)15-18(17-6-2-1-3-7-17)23-24(32)27-21-8-4-5-13-28(21)25(23)33/h1-10,13-14,18,29-30,32H,11-12,15H2,(H,26,31). The van der Waals surface area contributed by atoms with Crippen molar-refractivity contribution >= 4 is 11.6 Å². The number of carbonyl (C=O) groups excluding carboxylic acids is 1. The molecule has 0 bridgehead atoms. The minimum absolute atomic E-state index is 0.0588. The summed E-state index contributed by atoms with van der Waals surface area (Å²) in [5.41, 5.74) is 1.40. The van der Waals surface area contributed by atoms with Crippen molar-refractivity contribution in [3.63, 3.8) is 0 Å². The normalized spacial score (nSPS) is 11.9. The number of hydrogen-bond donors (Lipinski definition) is 4. The summed E-state index contributed by atoms with van der Waals surface area (Å²) >= 11 is 0. The van der Waals surface area contributed by atoms with E-state index in [1.807, 2.05) is 6.07 Å². The van der Waals surface area contributed by atoms with E-state index in [1.54, 1.807) is 54.7 Å². The van der Waals surface area contributed by atoms with Gasteiger partial charge in [-0.05, 0) is 41.8 Å². The number of amides is 1. The molecule has 0 aliphatic carbocycles. The van der Waals surface area contributed by atoms with Gasteiger partial charge in [0.1, 0.15) is 5.65 Å². The van der Waals surface area contributed by atoms with Crippen LogP contribution >= 0.6 is 0 Å². The minimum Gasteiger partial charge on any atom is -0.504 e. The number of aromatic hydroxyl groups is 3. The number of benzene rings is 2. The summed E-state index contributed by atoms with van der Waals surface area (Å²) in [6, 6.07) is 18.6. The van der Waals surface area contributed by atoms with Crippen molar-refractivity contribution in [1.29, 1.82) is 0 Å². The lowest BCUT2D eigenvalue weighted by Gasteiger charge is -2.18. The average molecular weight is 445 g/mol. The maximum atomic E-state index is 13.2. The van der Waals surface area contributed by atoms with Gasteiger partial charge in [0, 0.05) is 25.1 Å². The fourth-order valence-corrected chi connectivity index (χ4v) is 3.80. The third-order valence-corrected chi connectivity index (χ3v) is 5.46. The molecule has 4 rings (SSSR count). The van der Waals surface area contributed by atoms with Gasteiger partial charge < -0.3 is 20.6 Å². The highest BCUT2D eigenvalue weighted by Crippen LogP contribution is 2.31. The lowest BCUT2D eigenvalue weighted by atomic mass is 9.89. The van der Waals surface area contributed by atoms with Crippen LogP contribution in [0.15, 0.2) is 77.7 Å². The predicted octanol–water partition coefficient (Wildman–Crippen LogP) is 2.69. The largest absolute Gasteiger partial charge is 0.504 e. The number of nitrogens with zero attached hydrogens (tertiary/aromatic N) is 2. The van der Waals surface area contributed by atoms with Crippen molar-refractivity contribution < 1.29 is 20.1 Å². The molecule has 4 aromatic rings. The summed E-state index contributed by atoms with van der Waals surface area (Å²) in [6.45, 7) is 0.297. The number of phenolic OH excluding ortho intramolecular Hbond substituents is 2. The molecule has 0 fully saturated rings. The second-order valence-electron chi connectivity index (χ2n) is 7.67. The third-order valence-electron chi connectivity index (χ3n) is 5.46. The maximum Gasteiger partial charge on any atom is 0.265 e. The summed E-state index contributed by atoms with van der Waals surface area (Å²) in [7, 11) is 0. The van der Waals surface area contributed by atoms with Gasteiger partial charge >= 0.3 is 0 Å². The van der Waals surface area contributed by atoms with Crippen LogP contribution in [0.4, 0.5) is 0 Å². The lowest BCUT2D eigenvalue weighted by molar-refractivity contribution is -0.121. The van der Waals surface area contributed by atoms with E-state index in [2.05, 4.69) is 10.3 Å². The van der Waals surface area contributed by atoms with Gasteiger partial charge in [0.05, 0.1) is 5.56 Å². The van der Waals surface area contributed by atoms with Gasteiger partial charge in [-0.15, -0.1) is 0 Å². The molecule has 0 saturated carbocycles. The van der Waals surface area contributed by atoms with E-state index in [4.69, 9.17) is 0 Å². The summed E-state index contributed by atoms with van der Waals surface area (Å²) < 4.78 is 1.35. The zero-order chi connectivity index (χ0) is 23.4. The Balaban J connectivity index is 1.57. The molecular formula is C25H23N3O5. The number of rotatable bonds is 7. The third kappa shape index (κ3) is 4.79. The number of nitrogens with one attached hydrogen (secondary N) is 1. The Labute approximate surface area is 189 Å². The van der Waals surface area contributed by atoms with Crippen molar-refractivity contribution in [2.45, 2.75) is 18.8 Å². The van der Waals surface area contributed by atoms with Crippen molar-refractivity contribution in [2.75, 3.05) is 6.54 Å². The topological polar surface area (TPSA) is 124 Å². The molecule has 33 heavy (non-hydrogen) atoms. The number of hydrogen-bond acceptors (Lipinski definition) is 6. The van der Waals surface area contributed by atoms with Gasteiger partial charge in [-0.2, -0.15) is 4.98 Å². The predicted molar refractivity (Wildman–Crippen MR) is 123 cm³/mol. The summed E-state index contributed by atoms with van der Waals surface area (Å²) in [6.07, 6.45) is 1.96. The van der Waals surface area contributed by atoms with Gasteiger partial charge in [-0.25, -0.2) is 0 Å². The van der Waals surface area contributed by atoms with Crippen LogP contribution in [0, 0.1) is 0 Å². The van der Waals surface area contributed by atoms with Crippen LogP contribution < -0.4 is 10.9 Å². The highest BCUT2D eigenvalue weighted by atomic mass is 16.3. The minimum atomic E-state index is -0.693. The Morgan fingerprint density at radius 2 is 1.73 bits per heavy atom. The summed E-state index contributed by atoms with van der Waals surface area (Å²) in [4.78, 5) is 30.1. The Morgan fingerprint density at radius 3 is 2.48 bits per heavy atom. The van der Waals surface area contributed by atoms with Crippen LogP contribution in [0.3, 0.4) is 0 Å². The lowest BCUT2D eigenvalue weighted by Crippen LogP contribution is -2.30. The molecular weight excluding hydrogens is 422 g/mol. The molecule has 168 valence electrons. The monoisotopic (exact) mass is 445 g/mol. The highest BCUT2D eigenvalue weighted by Gasteiger charge is 2.26. The molecule has 0 saturated heterocycles. The van der Waals surface area contributed by atoms with E-state index >= 15 is 0 Å². The Bertz CT molecular complexity index is 1350. The molecule has 8 nitrogen and oxygen atoms in total. The first-order valence-electron chi connectivity index (χ1n) is 10.5. The smallest absolute Gasteiger partial charge is 0.265 e. The SMILES string of the molecule is O=C(CC(c1ccccc1)c1c(O)nc2ccccn2c1=O)NCCc1ccc(O)c(O)c1. The van der Waals surface area contributed by atoms with Gasteiger partial charge in [-0.3, -0.25) is 14.0 Å². The molecule has 0 radical (unpaired) electrons. The van der Waals surface area contributed by atoms with Crippen LogP contribution in [0.1, 0.15) is 29.0 Å². The number of fused-ring (bicyclic) bond motifs is 1. The van der Waals surface area contributed by atoms with Gasteiger partial charge in [-0.1, -0.05) is 42.5 Å². The van der Waals surface area contributed by atoms with E-state index < -0.39 is 17.4 Å². The Kier molecular flexibility index (Phi) is 6.26. The Morgan fingerprint density at radius 1 is 0.970 bits per heavy atom. The molecule has 1 amide bonds. The summed E-state index contributed by atoms with van der Waals surface area (Å²) in [5, 5.41) is 32.4. The van der Waals surface area contributed by atoms with Crippen LogP contribution in [0.2, 0.25) is 0 Å². The van der Waals surface area contributed by atoms with Crippen LogP contribution in [0.5, 0.6) is 17.4 Å². The number of phenols is 2. The molecule has 0 aliphatic rings. The van der Waals surface area contributed by atoms with Crippen molar-refractivity contribution in [2.24, 2.45) is 0 Å². The van der Waals surface area contributed by atoms with Crippen molar-refractivity contribution in [1.82, 2.24) is 14.7 Å². The fraction of sp³-hybridized carbons (Fsp3) is 0.160. The van der Waals surface area contributed by atoms with Crippen LogP contribution in [0.25, 0.3) is 5.65 Å². The summed E-state index contributed by atoms with van der Waals surface area (Å²) in [5.74, 6) is -1.82. The second kappa shape index (κ2) is 9.44. The van der Waals surface area contributed by atoms with E-state index in [1.165, 1.54) is 16.5 Å². The van der Waals surface area contributed by atoms with Crippen molar-refractivity contribution in [3.8, 4) is 17.4 Å². The van der Waals surface area contributed by atoms with E-state index in [-0.39, 0.29) is 29.4 Å². The molecule has 1 atom stereocenters. The molecule has 8 heteroatoms. The fourth-order valence-electron chi connectivity index (χ4n) is 3.80. The van der Waals surface area contributed by atoms with Gasteiger partial charge in [0.15, 0.2) is 11.5 Å². The zero-order valence-electron chi connectivity index (χ0n) is 17.7. The van der Waals surface area contributed by atoms with E-state index in [0.29, 0.717) is 24.2 Å². The first kappa shape index (κ1) is 21.9. The van der Waals surface area contributed by atoms with E-state index in [9.17, 15) is 24.9 Å². The molecule has 1 unspecified atom stereocenters. The number of aromatic nitrogens is 2.